The minimum absolute atomic E-state index is 0.0814. The van der Waals surface area contributed by atoms with Crippen LogP contribution in [-0.2, 0) is 5.54 Å². The zero-order valence-electron chi connectivity index (χ0n) is 10.0. The summed E-state index contributed by atoms with van der Waals surface area (Å²) >= 11 is 0. The minimum atomic E-state index is -0.641. The van der Waals surface area contributed by atoms with Crippen LogP contribution in [0.3, 0.4) is 0 Å². The molecule has 96 valence electrons. The Bertz CT molecular complexity index is 494. The molecule has 0 radical (unpaired) electrons. The Labute approximate surface area is 105 Å². The zero-order valence-corrected chi connectivity index (χ0v) is 10.0. The topological polar surface area (TPSA) is 103 Å². The number of hydrogen-bond acceptors (Lipinski definition) is 4. The molecule has 18 heavy (non-hydrogen) atoms. The second-order valence-electron chi connectivity index (χ2n) is 4.53. The number of carbonyl (C=O) groups is 1. The maximum Gasteiger partial charge on any atom is 0.271 e. The summed E-state index contributed by atoms with van der Waals surface area (Å²) in [5.41, 5.74) is 10.9. The molecule has 0 aromatic carbocycles. The maximum absolute atomic E-state index is 11.2. The third-order valence-corrected chi connectivity index (χ3v) is 3.37. The fourth-order valence-corrected chi connectivity index (χ4v) is 2.32. The van der Waals surface area contributed by atoms with Crippen molar-refractivity contribution in [2.75, 3.05) is 25.4 Å². The lowest BCUT2D eigenvalue weighted by Gasteiger charge is -2.33. The summed E-state index contributed by atoms with van der Waals surface area (Å²) in [6, 6.07) is 0. The van der Waals surface area contributed by atoms with Crippen LogP contribution in [0, 0.1) is 6.57 Å². The number of piperidine rings is 1. The summed E-state index contributed by atoms with van der Waals surface area (Å²) < 4.78 is 1.65. The SMILES string of the molecule is [C-]#[N+]CC1(n2cc(N)c(C(N)=O)n2)CCNCC1. The summed E-state index contributed by atoms with van der Waals surface area (Å²) in [5, 5.41) is 7.41. The Morgan fingerprint density at radius 1 is 1.61 bits per heavy atom. The molecule has 1 aromatic heterocycles. The van der Waals surface area contributed by atoms with Crippen molar-refractivity contribution in [1.82, 2.24) is 15.1 Å². The van der Waals surface area contributed by atoms with Gasteiger partial charge in [-0.2, -0.15) is 5.10 Å². The first-order chi connectivity index (χ1) is 8.59. The van der Waals surface area contributed by atoms with Crippen LogP contribution in [0.25, 0.3) is 4.85 Å². The van der Waals surface area contributed by atoms with Crippen LogP contribution >= 0.6 is 0 Å². The van der Waals surface area contributed by atoms with Gasteiger partial charge in [-0.1, -0.05) is 0 Å². The molecular formula is C11H16N6O. The van der Waals surface area contributed by atoms with Gasteiger partial charge in [0.05, 0.1) is 5.69 Å². The molecule has 1 aliphatic heterocycles. The lowest BCUT2D eigenvalue weighted by molar-refractivity contribution is 0.0993. The second-order valence-corrected chi connectivity index (χ2v) is 4.53. The number of nitrogens with one attached hydrogen (secondary N) is 1. The standard InChI is InChI=1S/C11H16N6O/c1-14-7-11(2-4-15-5-3-11)17-6-8(12)9(16-17)10(13)18/h6,15H,2-5,7,12H2,(H2,13,18). The van der Waals surface area contributed by atoms with Crippen molar-refractivity contribution >= 4 is 11.6 Å². The Morgan fingerprint density at radius 3 is 2.78 bits per heavy atom. The minimum Gasteiger partial charge on any atom is -0.396 e. The number of hydrogen-bond donors (Lipinski definition) is 3. The number of nitrogen functional groups attached to an aromatic ring is 1. The first kappa shape index (κ1) is 12.4. The Kier molecular flexibility index (Phi) is 3.21. The molecular weight excluding hydrogens is 232 g/mol. The fraction of sp³-hybridized carbons (Fsp3) is 0.545. The quantitative estimate of drug-likeness (QED) is 0.631. The monoisotopic (exact) mass is 248 g/mol. The average molecular weight is 248 g/mol. The van der Waals surface area contributed by atoms with Crippen molar-refractivity contribution in [3.05, 3.63) is 23.3 Å². The predicted molar refractivity (Wildman–Crippen MR) is 66.7 cm³/mol. The molecule has 7 heteroatoms. The van der Waals surface area contributed by atoms with E-state index in [1.54, 1.807) is 10.9 Å². The lowest BCUT2D eigenvalue weighted by Crippen LogP contribution is -2.46. The van der Waals surface area contributed by atoms with E-state index in [9.17, 15) is 4.79 Å². The summed E-state index contributed by atoms with van der Waals surface area (Å²) in [7, 11) is 0. The van der Waals surface area contributed by atoms with E-state index >= 15 is 0 Å². The van der Waals surface area contributed by atoms with Crippen LogP contribution in [0.5, 0.6) is 0 Å². The van der Waals surface area contributed by atoms with Gasteiger partial charge >= 0.3 is 0 Å². The molecule has 0 atom stereocenters. The molecule has 2 heterocycles. The van der Waals surface area contributed by atoms with Gasteiger partial charge in [-0.15, -0.1) is 0 Å². The van der Waals surface area contributed by atoms with Gasteiger partial charge in [-0.3, -0.25) is 9.48 Å². The van der Waals surface area contributed by atoms with Gasteiger partial charge in [-0.05, 0) is 25.9 Å². The van der Waals surface area contributed by atoms with E-state index in [0.717, 1.165) is 25.9 Å². The van der Waals surface area contributed by atoms with Gasteiger partial charge in [0.25, 0.3) is 5.91 Å². The fourth-order valence-electron chi connectivity index (χ4n) is 2.32. The van der Waals surface area contributed by atoms with Crippen LogP contribution in [0.2, 0.25) is 0 Å². The van der Waals surface area contributed by atoms with Gasteiger partial charge in [0.15, 0.2) is 5.69 Å². The highest BCUT2D eigenvalue weighted by Gasteiger charge is 2.39. The molecule has 0 aliphatic carbocycles. The summed E-state index contributed by atoms with van der Waals surface area (Å²) in [6.07, 6.45) is 3.18. The van der Waals surface area contributed by atoms with E-state index < -0.39 is 5.91 Å². The Morgan fingerprint density at radius 2 is 2.28 bits per heavy atom. The second kappa shape index (κ2) is 4.66. The molecule has 0 unspecified atom stereocenters. The highest BCUT2D eigenvalue weighted by molar-refractivity contribution is 5.95. The normalized spacial score (nSPS) is 18.2. The zero-order chi connectivity index (χ0) is 13.2. The van der Waals surface area contributed by atoms with Crippen LogP contribution in [0.4, 0.5) is 5.69 Å². The number of carbonyl (C=O) groups excluding carboxylic acids is 1. The number of anilines is 1. The molecule has 0 saturated carbocycles. The van der Waals surface area contributed by atoms with Crippen LogP contribution < -0.4 is 16.8 Å². The van der Waals surface area contributed by atoms with Crippen molar-refractivity contribution in [3.63, 3.8) is 0 Å². The predicted octanol–water partition coefficient (Wildman–Crippen LogP) is -0.438. The molecule has 1 amide bonds. The molecule has 1 fully saturated rings. The molecule has 7 nitrogen and oxygen atoms in total. The van der Waals surface area contributed by atoms with Crippen molar-refractivity contribution in [2.24, 2.45) is 5.73 Å². The largest absolute Gasteiger partial charge is 0.396 e. The van der Waals surface area contributed by atoms with E-state index in [0.29, 0.717) is 6.54 Å². The Hall–Kier alpha value is -2.07. The first-order valence-corrected chi connectivity index (χ1v) is 5.78. The van der Waals surface area contributed by atoms with Crippen molar-refractivity contribution in [1.29, 1.82) is 0 Å². The van der Waals surface area contributed by atoms with Crippen LogP contribution in [0.1, 0.15) is 23.3 Å². The number of amides is 1. The summed E-state index contributed by atoms with van der Waals surface area (Å²) in [5.74, 6) is -0.641. The highest BCUT2D eigenvalue weighted by atomic mass is 16.1. The average Bonchev–Trinajstić information content (AvgIpc) is 2.74. The Balaban J connectivity index is 2.40. The van der Waals surface area contributed by atoms with Gasteiger partial charge < -0.3 is 21.6 Å². The third kappa shape index (κ3) is 2.02. The summed E-state index contributed by atoms with van der Waals surface area (Å²) in [6.45, 7) is 9.07. The molecule has 1 aliphatic rings. The van der Waals surface area contributed by atoms with Crippen molar-refractivity contribution in [3.8, 4) is 0 Å². The molecule has 0 bridgehead atoms. The third-order valence-electron chi connectivity index (χ3n) is 3.37. The number of nitrogens with zero attached hydrogens (tertiary/aromatic N) is 3. The lowest BCUT2D eigenvalue weighted by atomic mass is 9.88. The van der Waals surface area contributed by atoms with E-state index in [-0.39, 0.29) is 16.9 Å². The van der Waals surface area contributed by atoms with E-state index in [2.05, 4.69) is 15.3 Å². The number of aromatic nitrogens is 2. The molecule has 0 spiro atoms. The van der Waals surface area contributed by atoms with E-state index in [4.69, 9.17) is 18.0 Å². The maximum atomic E-state index is 11.2. The number of nitrogens with two attached hydrogens (primary N) is 2. The molecule has 1 aromatic rings. The molecule has 5 N–H and O–H groups in total. The van der Waals surface area contributed by atoms with E-state index in [1.807, 2.05) is 0 Å². The van der Waals surface area contributed by atoms with E-state index in [1.165, 1.54) is 0 Å². The van der Waals surface area contributed by atoms with Gasteiger partial charge in [0.2, 0.25) is 6.54 Å². The van der Waals surface area contributed by atoms with Gasteiger partial charge in [0.1, 0.15) is 5.54 Å². The molecule has 1 saturated heterocycles. The van der Waals surface area contributed by atoms with Crippen molar-refractivity contribution in [2.45, 2.75) is 18.4 Å². The molecule has 2 rings (SSSR count). The van der Waals surface area contributed by atoms with Gasteiger partial charge in [-0.25, -0.2) is 6.57 Å². The highest BCUT2D eigenvalue weighted by Crippen LogP contribution is 2.29. The van der Waals surface area contributed by atoms with Crippen LogP contribution in [0.15, 0.2) is 6.20 Å². The summed E-state index contributed by atoms with van der Waals surface area (Å²) in [4.78, 5) is 14.7. The van der Waals surface area contributed by atoms with Crippen LogP contribution in [-0.4, -0.2) is 35.3 Å². The number of primary amides is 1. The first-order valence-electron chi connectivity index (χ1n) is 5.78. The number of rotatable bonds is 3. The van der Waals surface area contributed by atoms with Crippen molar-refractivity contribution < 1.29 is 4.79 Å². The van der Waals surface area contributed by atoms with Gasteiger partial charge in [0, 0.05) is 6.20 Å². The smallest absolute Gasteiger partial charge is 0.271 e.